The monoisotopic (exact) mass is 393 g/mol. The highest BCUT2D eigenvalue weighted by molar-refractivity contribution is 7.80. The number of furan rings is 1. The lowest BCUT2D eigenvalue weighted by Crippen LogP contribution is -2.29. The maximum atomic E-state index is 6.28. The molecule has 0 aliphatic carbocycles. The molecule has 2 atom stereocenters. The van der Waals surface area contributed by atoms with Crippen molar-refractivity contribution in [2.75, 3.05) is 13.2 Å². The van der Waals surface area contributed by atoms with Gasteiger partial charge in [-0.15, -0.1) is 0 Å². The van der Waals surface area contributed by atoms with Gasteiger partial charge in [0.25, 0.3) is 0 Å². The first-order valence-electron chi connectivity index (χ1n) is 9.52. The number of aromatic nitrogens is 1. The summed E-state index contributed by atoms with van der Waals surface area (Å²) in [6.07, 6.45) is 1.80. The smallest absolute Gasteiger partial charge is 0.170 e. The lowest BCUT2D eigenvalue weighted by Gasteiger charge is -2.24. The molecule has 1 N–H and O–H groups in total. The van der Waals surface area contributed by atoms with Crippen LogP contribution in [0.2, 0.25) is 0 Å². The van der Waals surface area contributed by atoms with Crippen molar-refractivity contribution >= 4 is 17.3 Å². The van der Waals surface area contributed by atoms with Crippen LogP contribution in [0.4, 0.5) is 0 Å². The van der Waals surface area contributed by atoms with E-state index >= 15 is 0 Å². The van der Waals surface area contributed by atoms with E-state index in [9.17, 15) is 0 Å². The van der Waals surface area contributed by atoms with Gasteiger partial charge in [-0.1, -0.05) is 6.07 Å². The minimum atomic E-state index is -0.0482. The third kappa shape index (κ3) is 3.47. The second-order valence-electron chi connectivity index (χ2n) is 6.57. The Labute approximate surface area is 170 Å². The molecule has 5 nitrogen and oxygen atoms in total. The van der Waals surface area contributed by atoms with E-state index in [2.05, 4.69) is 22.1 Å². The van der Waals surface area contributed by atoms with Gasteiger partial charge < -0.3 is 19.4 Å². The first kappa shape index (κ1) is 18.5. The van der Waals surface area contributed by atoms with E-state index in [4.69, 9.17) is 21.4 Å². The van der Waals surface area contributed by atoms with E-state index in [1.165, 1.54) is 0 Å². The third-order valence-electron chi connectivity index (χ3n) is 4.91. The third-order valence-corrected chi connectivity index (χ3v) is 5.26. The SMILES string of the molecule is CCOc1ccc(-c2ccc([C@H]3[C@@H](c4ccccn4)NC(=S)N3CC)o2)cc1. The van der Waals surface area contributed by atoms with Gasteiger partial charge in [0, 0.05) is 18.3 Å². The molecule has 0 saturated carbocycles. The predicted octanol–water partition coefficient (Wildman–Crippen LogP) is 4.73. The van der Waals surface area contributed by atoms with Crippen LogP contribution >= 0.6 is 12.2 Å². The number of nitrogens with zero attached hydrogens (tertiary/aromatic N) is 2. The largest absolute Gasteiger partial charge is 0.494 e. The van der Waals surface area contributed by atoms with Crippen molar-refractivity contribution in [1.82, 2.24) is 15.2 Å². The quantitative estimate of drug-likeness (QED) is 0.611. The molecule has 1 aliphatic heterocycles. The summed E-state index contributed by atoms with van der Waals surface area (Å²) >= 11 is 5.56. The number of hydrogen-bond acceptors (Lipinski definition) is 4. The molecule has 0 spiro atoms. The average molecular weight is 394 g/mol. The van der Waals surface area contributed by atoms with Gasteiger partial charge in [-0.05, 0) is 74.6 Å². The van der Waals surface area contributed by atoms with Crippen LogP contribution < -0.4 is 10.1 Å². The topological polar surface area (TPSA) is 50.5 Å². The molecule has 3 heterocycles. The van der Waals surface area contributed by atoms with Crippen LogP contribution in [0.5, 0.6) is 5.75 Å². The minimum Gasteiger partial charge on any atom is -0.494 e. The fraction of sp³-hybridized carbons (Fsp3) is 0.273. The molecule has 6 heteroatoms. The number of ether oxygens (including phenoxy) is 1. The zero-order valence-corrected chi connectivity index (χ0v) is 16.8. The highest BCUT2D eigenvalue weighted by Crippen LogP contribution is 2.40. The average Bonchev–Trinajstić information content (AvgIpc) is 3.33. The van der Waals surface area contributed by atoms with E-state index in [1.54, 1.807) is 6.20 Å². The van der Waals surface area contributed by atoms with Gasteiger partial charge in [0.05, 0.1) is 18.3 Å². The van der Waals surface area contributed by atoms with Gasteiger partial charge in [-0.3, -0.25) is 4.98 Å². The van der Waals surface area contributed by atoms with E-state index < -0.39 is 0 Å². The summed E-state index contributed by atoms with van der Waals surface area (Å²) in [4.78, 5) is 6.68. The summed E-state index contributed by atoms with van der Waals surface area (Å²) < 4.78 is 11.8. The number of likely N-dealkylation sites (N-methyl/N-ethyl adjacent to an activating group) is 1. The Morgan fingerprint density at radius 2 is 1.93 bits per heavy atom. The Hall–Kier alpha value is -2.86. The molecule has 0 bridgehead atoms. The molecule has 0 radical (unpaired) electrons. The second-order valence-corrected chi connectivity index (χ2v) is 6.96. The molecule has 2 aromatic heterocycles. The summed E-state index contributed by atoms with van der Waals surface area (Å²) in [5, 5.41) is 4.13. The minimum absolute atomic E-state index is 0.0381. The Kier molecular flexibility index (Phi) is 5.30. The summed E-state index contributed by atoms with van der Waals surface area (Å²) in [5.74, 6) is 2.55. The van der Waals surface area contributed by atoms with Crippen molar-refractivity contribution in [2.24, 2.45) is 0 Å². The molecule has 0 unspecified atom stereocenters. The lowest BCUT2D eigenvalue weighted by molar-refractivity contribution is 0.284. The van der Waals surface area contributed by atoms with E-state index in [0.29, 0.717) is 6.61 Å². The van der Waals surface area contributed by atoms with E-state index in [-0.39, 0.29) is 12.1 Å². The molecule has 1 fully saturated rings. The van der Waals surface area contributed by atoms with Crippen molar-refractivity contribution in [3.63, 3.8) is 0 Å². The molecule has 144 valence electrons. The molecule has 28 heavy (non-hydrogen) atoms. The van der Waals surface area contributed by atoms with Gasteiger partial charge >= 0.3 is 0 Å². The van der Waals surface area contributed by atoms with Gasteiger partial charge in [0.2, 0.25) is 0 Å². The normalized spacial score (nSPS) is 18.9. The standard InChI is InChI=1S/C22H23N3O2S/c1-3-25-21(20(24-22(25)28)17-7-5-6-14-23-17)19-13-12-18(27-19)15-8-10-16(11-9-15)26-4-2/h5-14,20-21H,3-4H2,1-2H3,(H,24,28)/t20-,21+/m1/s1. The molecule has 1 aliphatic rings. The molecule has 0 amide bonds. The van der Waals surface area contributed by atoms with Gasteiger partial charge in [0.15, 0.2) is 5.11 Å². The molecular weight excluding hydrogens is 370 g/mol. The Bertz CT molecular complexity index is 940. The zero-order chi connectivity index (χ0) is 19.5. The van der Waals surface area contributed by atoms with Crippen molar-refractivity contribution in [3.8, 4) is 17.1 Å². The zero-order valence-electron chi connectivity index (χ0n) is 16.0. The molecule has 3 aromatic rings. The number of hydrogen-bond donors (Lipinski definition) is 1. The van der Waals surface area contributed by atoms with Crippen LogP contribution in [0.15, 0.2) is 65.2 Å². The van der Waals surface area contributed by atoms with Crippen LogP contribution in [-0.4, -0.2) is 28.1 Å². The number of thiocarbonyl (C=S) groups is 1. The van der Waals surface area contributed by atoms with Crippen molar-refractivity contribution in [2.45, 2.75) is 25.9 Å². The van der Waals surface area contributed by atoms with E-state index in [1.807, 2.05) is 61.5 Å². The number of benzene rings is 1. The fourth-order valence-corrected chi connectivity index (χ4v) is 3.97. The predicted molar refractivity (Wildman–Crippen MR) is 113 cm³/mol. The second kappa shape index (κ2) is 8.02. The maximum Gasteiger partial charge on any atom is 0.170 e. The van der Waals surface area contributed by atoms with Crippen LogP contribution in [0.1, 0.15) is 37.4 Å². The van der Waals surface area contributed by atoms with Gasteiger partial charge in [-0.2, -0.15) is 0 Å². The first-order chi connectivity index (χ1) is 13.7. The maximum absolute atomic E-state index is 6.28. The summed E-state index contributed by atoms with van der Waals surface area (Å²) in [6, 6.07) is 17.8. The van der Waals surface area contributed by atoms with Crippen molar-refractivity contribution < 1.29 is 9.15 Å². The van der Waals surface area contributed by atoms with Gasteiger partial charge in [0.1, 0.15) is 23.3 Å². The molecule has 1 saturated heterocycles. The highest BCUT2D eigenvalue weighted by atomic mass is 32.1. The van der Waals surface area contributed by atoms with Gasteiger partial charge in [-0.25, -0.2) is 0 Å². The molecule has 4 rings (SSSR count). The number of pyridine rings is 1. The first-order valence-corrected chi connectivity index (χ1v) is 9.93. The summed E-state index contributed by atoms with van der Waals surface area (Å²) in [7, 11) is 0. The summed E-state index contributed by atoms with van der Waals surface area (Å²) in [5.41, 5.74) is 1.96. The number of nitrogens with one attached hydrogen (secondary N) is 1. The molecular formula is C22H23N3O2S. The Morgan fingerprint density at radius 1 is 1.11 bits per heavy atom. The lowest BCUT2D eigenvalue weighted by atomic mass is 10.0. The van der Waals surface area contributed by atoms with Crippen molar-refractivity contribution in [1.29, 1.82) is 0 Å². The Balaban J connectivity index is 1.65. The number of rotatable bonds is 6. The summed E-state index contributed by atoms with van der Waals surface area (Å²) in [6.45, 7) is 5.52. The van der Waals surface area contributed by atoms with Crippen LogP contribution in [0.25, 0.3) is 11.3 Å². The fourth-order valence-electron chi connectivity index (χ4n) is 3.60. The van der Waals surface area contributed by atoms with E-state index in [0.717, 1.165) is 40.2 Å². The van der Waals surface area contributed by atoms with Crippen LogP contribution in [0.3, 0.4) is 0 Å². The van der Waals surface area contributed by atoms with Crippen molar-refractivity contribution in [3.05, 3.63) is 72.2 Å². The van der Waals surface area contributed by atoms with Crippen LogP contribution in [0, 0.1) is 0 Å². The highest BCUT2D eigenvalue weighted by Gasteiger charge is 2.40. The molecule has 1 aromatic carbocycles. The van der Waals surface area contributed by atoms with Crippen LogP contribution in [-0.2, 0) is 0 Å². The Morgan fingerprint density at radius 3 is 2.61 bits per heavy atom.